The van der Waals surface area contributed by atoms with Crippen LogP contribution < -0.4 is 4.90 Å². The number of carbonyl (C=O) groups excluding carboxylic acids is 2. The van der Waals surface area contributed by atoms with E-state index in [1.807, 2.05) is 12.1 Å². The molecule has 1 aromatic carbocycles. The first-order chi connectivity index (χ1) is 9.58. The van der Waals surface area contributed by atoms with Crippen molar-refractivity contribution >= 4 is 17.4 Å². The van der Waals surface area contributed by atoms with Gasteiger partial charge in [0.25, 0.3) is 5.78 Å². The quantitative estimate of drug-likeness (QED) is 0.772. The van der Waals surface area contributed by atoms with Crippen LogP contribution in [0.4, 0.5) is 5.69 Å². The third-order valence-corrected chi connectivity index (χ3v) is 3.86. The fourth-order valence-electron chi connectivity index (χ4n) is 2.80. The first-order valence-electron chi connectivity index (χ1n) is 7.27. The molecular weight excluding hydrogens is 252 g/mol. The molecule has 1 aliphatic heterocycles. The Labute approximate surface area is 119 Å². The number of anilines is 1. The molecule has 1 fully saturated rings. The zero-order valence-electron chi connectivity index (χ0n) is 12.0. The smallest absolute Gasteiger partial charge is 0.291 e. The number of hydrogen-bond acceptors (Lipinski definition) is 3. The molecule has 1 heterocycles. The summed E-state index contributed by atoms with van der Waals surface area (Å²) in [5.41, 5.74) is 1.30. The largest absolute Gasteiger partial charge is 0.300 e. The van der Waals surface area contributed by atoms with Crippen molar-refractivity contribution in [1.29, 1.82) is 0 Å². The number of carbonyl (C=O) groups is 2. The summed E-state index contributed by atoms with van der Waals surface area (Å²) in [7, 11) is 0. The summed E-state index contributed by atoms with van der Waals surface area (Å²) >= 11 is 0. The van der Waals surface area contributed by atoms with E-state index >= 15 is 0 Å². The van der Waals surface area contributed by atoms with Gasteiger partial charge in [-0.2, -0.15) is 0 Å². The van der Waals surface area contributed by atoms with Crippen molar-refractivity contribution < 1.29 is 9.59 Å². The molecule has 3 rings (SSSR count). The third kappa shape index (κ3) is 2.36. The lowest BCUT2D eigenvalue weighted by Gasteiger charge is -2.29. The van der Waals surface area contributed by atoms with E-state index in [1.54, 1.807) is 17.0 Å². The van der Waals surface area contributed by atoms with Crippen molar-refractivity contribution in [3.63, 3.8) is 0 Å². The second-order valence-electron chi connectivity index (χ2n) is 6.12. The van der Waals surface area contributed by atoms with Gasteiger partial charge in [-0.3, -0.25) is 19.4 Å². The summed E-state index contributed by atoms with van der Waals surface area (Å²) in [6.07, 6.45) is 2.40. The van der Waals surface area contributed by atoms with Crippen molar-refractivity contribution in [3.05, 3.63) is 29.8 Å². The van der Waals surface area contributed by atoms with Gasteiger partial charge in [-0.1, -0.05) is 26.0 Å². The minimum Gasteiger partial charge on any atom is -0.291 e. The second-order valence-corrected chi connectivity index (χ2v) is 6.12. The van der Waals surface area contributed by atoms with Crippen LogP contribution in [0.25, 0.3) is 0 Å². The normalized spacial score (nSPS) is 18.3. The molecule has 106 valence electrons. The number of Topliss-reactive ketones (excluding diaryl/α,β-unsaturated/α-hetero) is 1. The monoisotopic (exact) mass is 272 g/mol. The fourth-order valence-corrected chi connectivity index (χ4v) is 2.80. The number of nitrogens with zero attached hydrogens (tertiary/aromatic N) is 2. The van der Waals surface area contributed by atoms with E-state index in [0.29, 0.717) is 24.2 Å². The molecule has 1 aliphatic carbocycles. The van der Waals surface area contributed by atoms with Crippen LogP contribution in [0.15, 0.2) is 24.3 Å². The van der Waals surface area contributed by atoms with Crippen LogP contribution in [-0.4, -0.2) is 35.8 Å². The van der Waals surface area contributed by atoms with Crippen molar-refractivity contribution in [2.45, 2.75) is 32.7 Å². The molecular formula is C16H20N2O2. The van der Waals surface area contributed by atoms with Crippen LogP contribution in [0.5, 0.6) is 0 Å². The van der Waals surface area contributed by atoms with Gasteiger partial charge in [0.15, 0.2) is 0 Å². The number of amides is 1. The fraction of sp³-hybridized carbons (Fsp3) is 0.500. The van der Waals surface area contributed by atoms with Gasteiger partial charge in [-0.25, -0.2) is 0 Å². The van der Waals surface area contributed by atoms with E-state index in [0.717, 1.165) is 12.2 Å². The molecule has 1 aromatic rings. The maximum atomic E-state index is 12.2. The van der Waals surface area contributed by atoms with Crippen LogP contribution >= 0.6 is 0 Å². The Morgan fingerprint density at radius 3 is 2.60 bits per heavy atom. The highest BCUT2D eigenvalue weighted by molar-refractivity contribution is 6.52. The van der Waals surface area contributed by atoms with Gasteiger partial charge in [-0.05, 0) is 30.9 Å². The number of para-hydroxylation sites is 1. The summed E-state index contributed by atoms with van der Waals surface area (Å²) in [6, 6.07) is 7.85. The number of fused-ring (bicyclic) bond motifs is 1. The van der Waals surface area contributed by atoms with Crippen LogP contribution in [0.3, 0.4) is 0 Å². The van der Waals surface area contributed by atoms with E-state index in [1.165, 1.54) is 12.8 Å². The molecule has 1 saturated carbocycles. The Bertz CT molecular complexity index is 549. The maximum absolute atomic E-state index is 12.2. The Morgan fingerprint density at radius 1 is 1.25 bits per heavy atom. The number of rotatable bonds is 5. The van der Waals surface area contributed by atoms with E-state index in [4.69, 9.17) is 0 Å². The average molecular weight is 272 g/mol. The molecule has 4 nitrogen and oxygen atoms in total. The molecule has 0 saturated heterocycles. The standard InChI is InChI=1S/C16H20N2O2/c1-11(2)9-17(12-7-8-12)10-18-14-6-4-3-5-13(14)15(19)16(18)20/h3-6,11-12H,7-10H2,1-2H3. The molecule has 0 bridgehead atoms. The molecule has 1 amide bonds. The van der Waals surface area contributed by atoms with Gasteiger partial charge in [-0.15, -0.1) is 0 Å². The number of hydrogen-bond donors (Lipinski definition) is 0. The molecule has 20 heavy (non-hydrogen) atoms. The molecule has 0 N–H and O–H groups in total. The lowest BCUT2D eigenvalue weighted by atomic mass is 10.1. The molecule has 0 unspecified atom stereocenters. The number of benzene rings is 1. The Morgan fingerprint density at radius 2 is 1.95 bits per heavy atom. The van der Waals surface area contributed by atoms with Crippen molar-refractivity contribution in [1.82, 2.24) is 4.90 Å². The minimum absolute atomic E-state index is 0.374. The first-order valence-corrected chi connectivity index (χ1v) is 7.27. The van der Waals surface area contributed by atoms with Crippen molar-refractivity contribution in [2.75, 3.05) is 18.1 Å². The Hall–Kier alpha value is -1.68. The zero-order chi connectivity index (χ0) is 14.3. The van der Waals surface area contributed by atoms with Crippen molar-refractivity contribution in [2.24, 2.45) is 5.92 Å². The van der Waals surface area contributed by atoms with E-state index < -0.39 is 0 Å². The lowest BCUT2D eigenvalue weighted by Crippen LogP contribution is -2.43. The Balaban J connectivity index is 1.83. The molecule has 0 spiro atoms. The minimum atomic E-state index is -0.388. The molecule has 0 atom stereocenters. The first kappa shape index (κ1) is 13.3. The van der Waals surface area contributed by atoms with Crippen molar-refractivity contribution in [3.8, 4) is 0 Å². The van der Waals surface area contributed by atoms with E-state index in [2.05, 4.69) is 18.7 Å². The Kier molecular flexibility index (Phi) is 3.34. The molecule has 2 aliphatic rings. The predicted octanol–water partition coefficient (Wildman–Crippen LogP) is 2.29. The van der Waals surface area contributed by atoms with Crippen LogP contribution in [0.2, 0.25) is 0 Å². The lowest BCUT2D eigenvalue weighted by molar-refractivity contribution is -0.114. The van der Waals surface area contributed by atoms with E-state index in [-0.39, 0.29) is 11.7 Å². The van der Waals surface area contributed by atoms with Crippen LogP contribution in [-0.2, 0) is 4.79 Å². The topological polar surface area (TPSA) is 40.6 Å². The predicted molar refractivity (Wildman–Crippen MR) is 77.7 cm³/mol. The zero-order valence-corrected chi connectivity index (χ0v) is 12.0. The highest BCUT2D eigenvalue weighted by Gasteiger charge is 2.38. The van der Waals surface area contributed by atoms with Gasteiger partial charge in [0.1, 0.15) is 0 Å². The highest BCUT2D eigenvalue weighted by Crippen LogP contribution is 2.32. The molecule has 0 aromatic heterocycles. The summed E-state index contributed by atoms with van der Waals surface area (Å²) in [5.74, 6) is -0.208. The van der Waals surface area contributed by atoms with E-state index in [9.17, 15) is 9.59 Å². The second kappa shape index (κ2) is 5.02. The van der Waals surface area contributed by atoms with Crippen LogP contribution in [0, 0.1) is 5.92 Å². The van der Waals surface area contributed by atoms with Gasteiger partial charge >= 0.3 is 5.91 Å². The van der Waals surface area contributed by atoms with Crippen LogP contribution in [0.1, 0.15) is 37.0 Å². The van der Waals surface area contributed by atoms with Gasteiger partial charge in [0.05, 0.1) is 17.9 Å². The summed E-state index contributed by atoms with van der Waals surface area (Å²) in [4.78, 5) is 28.1. The molecule has 4 heteroatoms. The summed E-state index contributed by atoms with van der Waals surface area (Å²) in [5, 5.41) is 0. The SMILES string of the molecule is CC(C)CN(CN1C(=O)C(=O)c2ccccc21)C1CC1. The van der Waals surface area contributed by atoms with Gasteiger partial charge in [0.2, 0.25) is 0 Å². The van der Waals surface area contributed by atoms with Gasteiger partial charge < -0.3 is 0 Å². The highest BCUT2D eigenvalue weighted by atomic mass is 16.2. The summed E-state index contributed by atoms with van der Waals surface area (Å²) in [6.45, 7) is 5.86. The third-order valence-electron chi connectivity index (χ3n) is 3.86. The number of ketones is 1. The maximum Gasteiger partial charge on any atom is 0.300 e. The van der Waals surface area contributed by atoms with Gasteiger partial charge in [0, 0.05) is 12.6 Å². The summed E-state index contributed by atoms with van der Waals surface area (Å²) < 4.78 is 0. The molecule has 0 radical (unpaired) electrons. The average Bonchev–Trinajstić information content (AvgIpc) is 3.23.